The van der Waals surface area contributed by atoms with Crippen LogP contribution in [-0.4, -0.2) is 11.5 Å². The fourth-order valence-corrected chi connectivity index (χ4v) is 2.13. The van der Waals surface area contributed by atoms with E-state index >= 15 is 0 Å². The van der Waals surface area contributed by atoms with E-state index in [9.17, 15) is 0 Å². The Kier molecular flexibility index (Phi) is 5.34. The average molecular weight is 284 g/mol. The van der Waals surface area contributed by atoms with Crippen LogP contribution in [0.25, 0.3) is 0 Å². The number of nitrogens with zero attached hydrogens (tertiary/aromatic N) is 1. The molecule has 0 spiro atoms. The quantitative estimate of drug-likeness (QED) is 0.845. The summed E-state index contributed by atoms with van der Waals surface area (Å²) in [4.78, 5) is 4.30. The highest BCUT2D eigenvalue weighted by Gasteiger charge is 2.07. The van der Waals surface area contributed by atoms with Gasteiger partial charge in [-0.1, -0.05) is 13.0 Å². The average Bonchev–Trinajstić information content (AvgIpc) is 2.49. The third-order valence-electron chi connectivity index (χ3n) is 3.66. The molecule has 3 nitrogen and oxygen atoms in total. The van der Waals surface area contributed by atoms with Crippen molar-refractivity contribution in [3.63, 3.8) is 0 Å². The van der Waals surface area contributed by atoms with Gasteiger partial charge in [0, 0.05) is 18.3 Å². The van der Waals surface area contributed by atoms with Gasteiger partial charge < -0.3 is 10.1 Å². The van der Waals surface area contributed by atoms with E-state index in [0.29, 0.717) is 11.9 Å². The molecule has 0 fully saturated rings. The van der Waals surface area contributed by atoms with Crippen LogP contribution in [0.5, 0.6) is 11.6 Å². The van der Waals surface area contributed by atoms with E-state index in [-0.39, 0.29) is 0 Å². The molecule has 2 aromatic rings. The van der Waals surface area contributed by atoms with Crippen LogP contribution in [-0.2, 0) is 0 Å². The van der Waals surface area contributed by atoms with Crippen LogP contribution in [0.15, 0.2) is 36.5 Å². The van der Waals surface area contributed by atoms with Gasteiger partial charge in [0.25, 0.3) is 0 Å². The Morgan fingerprint density at radius 3 is 2.67 bits per heavy atom. The number of hydrogen-bond donors (Lipinski definition) is 1. The van der Waals surface area contributed by atoms with Crippen LogP contribution in [0.3, 0.4) is 0 Å². The third-order valence-corrected chi connectivity index (χ3v) is 3.66. The van der Waals surface area contributed by atoms with Gasteiger partial charge in [0.2, 0.25) is 5.88 Å². The highest BCUT2D eigenvalue weighted by atomic mass is 16.5. The first-order chi connectivity index (χ1) is 10.1. The van der Waals surface area contributed by atoms with Crippen molar-refractivity contribution in [3.05, 3.63) is 53.2 Å². The molecule has 1 N–H and O–H groups in total. The number of benzene rings is 1. The normalized spacial score (nSPS) is 12.2. The van der Waals surface area contributed by atoms with E-state index in [0.717, 1.165) is 18.7 Å². The van der Waals surface area contributed by atoms with Gasteiger partial charge in [-0.25, -0.2) is 4.98 Å². The molecule has 0 saturated heterocycles. The summed E-state index contributed by atoms with van der Waals surface area (Å²) < 4.78 is 5.87. The van der Waals surface area contributed by atoms with Gasteiger partial charge in [-0.3, -0.25) is 0 Å². The standard InChI is InChI=1S/C18H24N2O/c1-5-9-19-15(4)16-8-10-20-18(12-16)21-17-7-6-13(2)14(3)11-17/h6-8,10-12,15,19H,5,9H2,1-4H3. The molecular weight excluding hydrogens is 260 g/mol. The summed E-state index contributed by atoms with van der Waals surface area (Å²) in [5.41, 5.74) is 3.68. The van der Waals surface area contributed by atoms with Gasteiger partial charge in [0.05, 0.1) is 0 Å². The molecule has 1 unspecified atom stereocenters. The summed E-state index contributed by atoms with van der Waals surface area (Å²) in [6.07, 6.45) is 2.93. The zero-order valence-corrected chi connectivity index (χ0v) is 13.3. The second kappa shape index (κ2) is 7.23. The van der Waals surface area contributed by atoms with Crippen LogP contribution in [0.4, 0.5) is 0 Å². The van der Waals surface area contributed by atoms with E-state index in [1.54, 1.807) is 6.20 Å². The van der Waals surface area contributed by atoms with Crippen molar-refractivity contribution < 1.29 is 4.74 Å². The minimum Gasteiger partial charge on any atom is -0.439 e. The maximum atomic E-state index is 5.87. The fourth-order valence-electron chi connectivity index (χ4n) is 2.13. The number of hydrogen-bond acceptors (Lipinski definition) is 3. The van der Waals surface area contributed by atoms with Crippen molar-refractivity contribution in [2.24, 2.45) is 0 Å². The smallest absolute Gasteiger partial charge is 0.219 e. The predicted molar refractivity (Wildman–Crippen MR) is 86.9 cm³/mol. The second-order valence-electron chi connectivity index (χ2n) is 5.45. The molecule has 1 aromatic carbocycles. The van der Waals surface area contributed by atoms with Gasteiger partial charge in [-0.2, -0.15) is 0 Å². The molecule has 0 radical (unpaired) electrons. The van der Waals surface area contributed by atoms with Crippen LogP contribution in [0.2, 0.25) is 0 Å². The van der Waals surface area contributed by atoms with E-state index in [1.165, 1.54) is 16.7 Å². The number of ether oxygens (including phenoxy) is 1. The van der Waals surface area contributed by atoms with Gasteiger partial charge >= 0.3 is 0 Å². The number of aryl methyl sites for hydroxylation is 2. The van der Waals surface area contributed by atoms with Crippen LogP contribution < -0.4 is 10.1 Å². The zero-order chi connectivity index (χ0) is 15.2. The molecule has 1 heterocycles. The number of nitrogens with one attached hydrogen (secondary N) is 1. The predicted octanol–water partition coefficient (Wildman–Crippen LogP) is 4.55. The number of rotatable bonds is 6. The van der Waals surface area contributed by atoms with Crippen LogP contribution in [0, 0.1) is 13.8 Å². The molecule has 0 bridgehead atoms. The maximum absolute atomic E-state index is 5.87. The molecule has 0 saturated carbocycles. The van der Waals surface area contributed by atoms with Crippen molar-refractivity contribution in [3.8, 4) is 11.6 Å². The summed E-state index contributed by atoms with van der Waals surface area (Å²) in [7, 11) is 0. The highest BCUT2D eigenvalue weighted by molar-refractivity contribution is 5.36. The van der Waals surface area contributed by atoms with Gasteiger partial charge in [0.15, 0.2) is 0 Å². The zero-order valence-electron chi connectivity index (χ0n) is 13.3. The molecule has 0 amide bonds. The SMILES string of the molecule is CCCNC(C)c1ccnc(Oc2ccc(C)c(C)c2)c1. The molecule has 21 heavy (non-hydrogen) atoms. The van der Waals surface area contributed by atoms with Crippen molar-refractivity contribution in [2.75, 3.05) is 6.54 Å². The highest BCUT2D eigenvalue weighted by Crippen LogP contribution is 2.24. The van der Waals surface area contributed by atoms with Crippen molar-refractivity contribution in [2.45, 2.75) is 40.2 Å². The Bertz CT molecular complexity index is 596. The summed E-state index contributed by atoms with van der Waals surface area (Å²) in [5, 5.41) is 3.47. The van der Waals surface area contributed by atoms with Gasteiger partial charge in [-0.15, -0.1) is 0 Å². The number of aromatic nitrogens is 1. The van der Waals surface area contributed by atoms with E-state index in [4.69, 9.17) is 4.74 Å². The minimum absolute atomic E-state index is 0.301. The molecule has 0 aliphatic carbocycles. The first-order valence-electron chi connectivity index (χ1n) is 7.54. The summed E-state index contributed by atoms with van der Waals surface area (Å²) in [6, 6.07) is 10.4. The fraction of sp³-hybridized carbons (Fsp3) is 0.389. The lowest BCUT2D eigenvalue weighted by Gasteiger charge is -2.14. The van der Waals surface area contributed by atoms with Crippen LogP contribution >= 0.6 is 0 Å². The second-order valence-corrected chi connectivity index (χ2v) is 5.45. The monoisotopic (exact) mass is 284 g/mol. The molecular formula is C18H24N2O. The number of pyridine rings is 1. The van der Waals surface area contributed by atoms with E-state index in [1.807, 2.05) is 24.3 Å². The van der Waals surface area contributed by atoms with E-state index < -0.39 is 0 Å². The lowest BCUT2D eigenvalue weighted by Crippen LogP contribution is -2.19. The molecule has 1 atom stereocenters. The van der Waals surface area contributed by atoms with Crippen molar-refractivity contribution >= 4 is 0 Å². The Morgan fingerprint density at radius 1 is 1.14 bits per heavy atom. The summed E-state index contributed by atoms with van der Waals surface area (Å²) >= 11 is 0. The molecule has 1 aromatic heterocycles. The Hall–Kier alpha value is -1.87. The molecule has 0 aliphatic rings. The lowest BCUT2D eigenvalue weighted by atomic mass is 10.1. The Balaban J connectivity index is 2.11. The van der Waals surface area contributed by atoms with Crippen LogP contribution in [0.1, 0.15) is 43.0 Å². The first kappa shape index (κ1) is 15.5. The summed E-state index contributed by atoms with van der Waals surface area (Å²) in [6.45, 7) is 9.52. The molecule has 3 heteroatoms. The largest absolute Gasteiger partial charge is 0.439 e. The lowest BCUT2D eigenvalue weighted by molar-refractivity contribution is 0.459. The summed E-state index contributed by atoms with van der Waals surface area (Å²) in [5.74, 6) is 1.47. The molecule has 112 valence electrons. The topological polar surface area (TPSA) is 34.2 Å². The maximum Gasteiger partial charge on any atom is 0.219 e. The van der Waals surface area contributed by atoms with Gasteiger partial charge in [-0.05, 0) is 68.6 Å². The van der Waals surface area contributed by atoms with E-state index in [2.05, 4.69) is 44.1 Å². The van der Waals surface area contributed by atoms with Gasteiger partial charge in [0.1, 0.15) is 5.75 Å². The minimum atomic E-state index is 0.301. The third kappa shape index (κ3) is 4.30. The van der Waals surface area contributed by atoms with Crippen molar-refractivity contribution in [1.29, 1.82) is 0 Å². The Labute approximate surface area is 127 Å². The Morgan fingerprint density at radius 2 is 1.95 bits per heavy atom. The van der Waals surface area contributed by atoms with Crippen molar-refractivity contribution in [1.82, 2.24) is 10.3 Å². The molecule has 2 rings (SSSR count). The molecule has 0 aliphatic heterocycles. The first-order valence-corrected chi connectivity index (χ1v) is 7.54.